The molecule has 1 atom stereocenters. The van der Waals surface area contributed by atoms with Crippen LogP contribution in [0.5, 0.6) is 5.88 Å². The third-order valence-corrected chi connectivity index (χ3v) is 3.55. The van der Waals surface area contributed by atoms with Crippen molar-refractivity contribution in [2.24, 2.45) is 0 Å². The molecule has 1 saturated heterocycles. The standard InChI is InChI=1S/C13H20N4O3/c1-3-16-8-4-5-10(9-16)14-13-11(17(18)19)6-7-12(15-13)20-2/h6-7,10H,3-5,8-9H2,1-2H3,(H,14,15). The second-order valence-electron chi connectivity index (χ2n) is 4.86. The largest absolute Gasteiger partial charge is 0.481 e. The second-order valence-corrected chi connectivity index (χ2v) is 4.86. The van der Waals surface area contributed by atoms with Gasteiger partial charge in [0.1, 0.15) is 0 Å². The van der Waals surface area contributed by atoms with Crippen molar-refractivity contribution in [1.29, 1.82) is 0 Å². The van der Waals surface area contributed by atoms with Gasteiger partial charge < -0.3 is 15.0 Å². The zero-order chi connectivity index (χ0) is 14.5. The highest BCUT2D eigenvalue weighted by atomic mass is 16.6. The summed E-state index contributed by atoms with van der Waals surface area (Å²) < 4.78 is 5.04. The molecule has 2 rings (SSSR count). The number of piperidine rings is 1. The summed E-state index contributed by atoms with van der Waals surface area (Å²) in [5.74, 6) is 0.665. The highest BCUT2D eigenvalue weighted by Crippen LogP contribution is 2.26. The van der Waals surface area contributed by atoms with Gasteiger partial charge >= 0.3 is 5.69 Å². The van der Waals surface area contributed by atoms with E-state index in [-0.39, 0.29) is 17.5 Å². The maximum atomic E-state index is 11.1. The van der Waals surface area contributed by atoms with Gasteiger partial charge in [-0.1, -0.05) is 6.92 Å². The zero-order valence-corrected chi connectivity index (χ0v) is 11.8. The molecule has 1 aliphatic heterocycles. The lowest BCUT2D eigenvalue weighted by Gasteiger charge is -2.32. The van der Waals surface area contributed by atoms with Gasteiger partial charge in [-0.05, 0) is 25.9 Å². The van der Waals surface area contributed by atoms with Crippen molar-refractivity contribution in [2.75, 3.05) is 32.1 Å². The summed E-state index contributed by atoms with van der Waals surface area (Å²) in [7, 11) is 1.50. The number of ether oxygens (including phenoxy) is 1. The Labute approximate surface area is 118 Å². The fourth-order valence-corrected chi connectivity index (χ4v) is 2.46. The Hall–Kier alpha value is -1.89. The number of anilines is 1. The maximum absolute atomic E-state index is 11.1. The van der Waals surface area contributed by atoms with Crippen molar-refractivity contribution in [3.05, 3.63) is 22.2 Å². The molecule has 1 aromatic heterocycles. The summed E-state index contributed by atoms with van der Waals surface area (Å²) in [6, 6.07) is 3.11. The molecule has 2 heterocycles. The average Bonchev–Trinajstić information content (AvgIpc) is 2.47. The first-order valence-corrected chi connectivity index (χ1v) is 6.82. The van der Waals surface area contributed by atoms with Crippen LogP contribution in [-0.2, 0) is 0 Å². The van der Waals surface area contributed by atoms with Gasteiger partial charge in [0.05, 0.1) is 12.0 Å². The SMILES string of the molecule is CCN1CCCC(Nc2nc(OC)ccc2[N+](=O)[O-])C1. The van der Waals surface area contributed by atoms with Gasteiger partial charge in [0.2, 0.25) is 11.7 Å². The number of methoxy groups -OCH3 is 1. The highest BCUT2D eigenvalue weighted by Gasteiger charge is 2.23. The van der Waals surface area contributed by atoms with Crippen molar-refractivity contribution < 1.29 is 9.66 Å². The van der Waals surface area contributed by atoms with Crippen molar-refractivity contribution in [2.45, 2.75) is 25.8 Å². The number of aromatic nitrogens is 1. The number of likely N-dealkylation sites (tertiary alicyclic amines) is 1. The van der Waals surface area contributed by atoms with Crippen LogP contribution in [0.15, 0.2) is 12.1 Å². The summed E-state index contributed by atoms with van der Waals surface area (Å²) in [6.07, 6.45) is 2.08. The molecular weight excluding hydrogens is 260 g/mol. The van der Waals surface area contributed by atoms with Gasteiger partial charge in [0.25, 0.3) is 0 Å². The number of nitrogens with one attached hydrogen (secondary N) is 1. The molecular formula is C13H20N4O3. The average molecular weight is 280 g/mol. The fourth-order valence-electron chi connectivity index (χ4n) is 2.46. The minimum Gasteiger partial charge on any atom is -0.481 e. The van der Waals surface area contributed by atoms with Crippen LogP contribution in [0.25, 0.3) is 0 Å². The normalized spacial score (nSPS) is 19.6. The Kier molecular flexibility index (Phi) is 4.73. The van der Waals surface area contributed by atoms with Crippen LogP contribution in [0.3, 0.4) is 0 Å². The van der Waals surface area contributed by atoms with Crippen LogP contribution >= 0.6 is 0 Å². The van der Waals surface area contributed by atoms with Gasteiger partial charge in [-0.15, -0.1) is 0 Å². The molecule has 0 radical (unpaired) electrons. The predicted octanol–water partition coefficient (Wildman–Crippen LogP) is 1.89. The minimum atomic E-state index is -0.421. The monoisotopic (exact) mass is 280 g/mol. The van der Waals surface area contributed by atoms with Crippen LogP contribution < -0.4 is 10.1 Å². The summed E-state index contributed by atoms with van der Waals surface area (Å²) >= 11 is 0. The van der Waals surface area contributed by atoms with Crippen LogP contribution in [0.1, 0.15) is 19.8 Å². The van der Waals surface area contributed by atoms with E-state index in [1.54, 1.807) is 0 Å². The molecule has 0 amide bonds. The van der Waals surface area contributed by atoms with Crippen LogP contribution in [0.2, 0.25) is 0 Å². The Bertz CT molecular complexity index is 481. The van der Waals surface area contributed by atoms with Gasteiger partial charge in [0.15, 0.2) is 0 Å². The Morgan fingerprint density at radius 2 is 2.40 bits per heavy atom. The van der Waals surface area contributed by atoms with Gasteiger partial charge in [-0.25, -0.2) is 0 Å². The van der Waals surface area contributed by atoms with Crippen molar-refractivity contribution in [3.8, 4) is 5.88 Å². The fraction of sp³-hybridized carbons (Fsp3) is 0.615. The van der Waals surface area contributed by atoms with E-state index in [2.05, 4.69) is 22.1 Å². The second kappa shape index (κ2) is 6.51. The number of hydrogen-bond acceptors (Lipinski definition) is 6. The Morgan fingerprint density at radius 3 is 3.05 bits per heavy atom. The molecule has 7 heteroatoms. The van der Waals surface area contributed by atoms with Crippen LogP contribution in [-0.4, -0.2) is 47.6 Å². The molecule has 1 aliphatic rings. The maximum Gasteiger partial charge on any atom is 0.311 e. The zero-order valence-electron chi connectivity index (χ0n) is 11.8. The number of rotatable bonds is 5. The molecule has 1 aromatic rings. The van der Waals surface area contributed by atoms with Crippen LogP contribution in [0.4, 0.5) is 11.5 Å². The van der Waals surface area contributed by atoms with E-state index in [9.17, 15) is 10.1 Å². The van der Waals surface area contributed by atoms with Gasteiger partial charge in [0, 0.05) is 24.7 Å². The van der Waals surface area contributed by atoms with E-state index >= 15 is 0 Å². The molecule has 0 spiro atoms. The lowest BCUT2D eigenvalue weighted by Crippen LogP contribution is -2.42. The molecule has 7 nitrogen and oxygen atoms in total. The molecule has 110 valence electrons. The quantitative estimate of drug-likeness (QED) is 0.655. The molecule has 0 aliphatic carbocycles. The number of likely N-dealkylation sites (N-methyl/N-ethyl adjacent to an activating group) is 1. The van der Waals surface area contributed by atoms with Crippen LogP contribution in [0, 0.1) is 10.1 Å². The smallest absolute Gasteiger partial charge is 0.311 e. The third-order valence-electron chi connectivity index (χ3n) is 3.55. The first-order valence-electron chi connectivity index (χ1n) is 6.82. The molecule has 20 heavy (non-hydrogen) atoms. The van der Waals surface area contributed by atoms with E-state index in [1.807, 2.05) is 0 Å². The van der Waals surface area contributed by atoms with E-state index in [0.717, 1.165) is 32.5 Å². The van der Waals surface area contributed by atoms with Crippen molar-refractivity contribution in [3.63, 3.8) is 0 Å². The lowest BCUT2D eigenvalue weighted by molar-refractivity contribution is -0.384. The topological polar surface area (TPSA) is 80.5 Å². The van der Waals surface area contributed by atoms with E-state index in [1.165, 1.54) is 19.2 Å². The first-order chi connectivity index (χ1) is 9.63. The minimum absolute atomic E-state index is 0.0144. The number of hydrogen-bond donors (Lipinski definition) is 1. The molecule has 1 N–H and O–H groups in total. The summed E-state index contributed by atoms with van der Waals surface area (Å²) in [5.41, 5.74) is -0.0144. The molecule has 1 unspecified atom stereocenters. The third kappa shape index (κ3) is 3.36. The predicted molar refractivity (Wildman–Crippen MR) is 76.2 cm³/mol. The van der Waals surface area contributed by atoms with Gasteiger partial charge in [-0.3, -0.25) is 10.1 Å². The summed E-state index contributed by atoms with van der Waals surface area (Å²) in [4.78, 5) is 17.1. The summed E-state index contributed by atoms with van der Waals surface area (Å²) in [6.45, 7) is 5.08. The van der Waals surface area contributed by atoms with Gasteiger partial charge in [-0.2, -0.15) is 4.98 Å². The number of pyridine rings is 1. The highest BCUT2D eigenvalue weighted by molar-refractivity contribution is 5.57. The van der Waals surface area contributed by atoms with E-state index in [0.29, 0.717) is 5.88 Å². The lowest BCUT2D eigenvalue weighted by atomic mass is 10.1. The van der Waals surface area contributed by atoms with E-state index < -0.39 is 4.92 Å². The number of nitro groups is 1. The number of nitrogens with zero attached hydrogens (tertiary/aromatic N) is 3. The molecule has 0 bridgehead atoms. The summed E-state index contributed by atoms with van der Waals surface area (Å²) in [5, 5.41) is 14.3. The molecule has 0 aromatic carbocycles. The Balaban J connectivity index is 2.16. The van der Waals surface area contributed by atoms with E-state index in [4.69, 9.17) is 4.74 Å². The Morgan fingerprint density at radius 1 is 1.60 bits per heavy atom. The van der Waals surface area contributed by atoms with Crippen molar-refractivity contribution >= 4 is 11.5 Å². The van der Waals surface area contributed by atoms with Crippen molar-refractivity contribution in [1.82, 2.24) is 9.88 Å². The first kappa shape index (κ1) is 14.5. The molecule has 1 fully saturated rings. The molecule has 0 saturated carbocycles.